The molecule has 0 atom stereocenters. The fourth-order valence-corrected chi connectivity index (χ4v) is 3.21. The average Bonchev–Trinajstić information content (AvgIpc) is 2.41. The Kier molecular flexibility index (Phi) is 7.87. The predicted molar refractivity (Wildman–Crippen MR) is 67.3 cm³/mol. The molecule has 0 heterocycles. The van der Waals surface area contributed by atoms with E-state index in [1.807, 2.05) is 0 Å². The van der Waals surface area contributed by atoms with Gasteiger partial charge in [-0.1, -0.05) is 64.2 Å². The quantitative estimate of drug-likeness (QED) is 0.762. The molecule has 0 aromatic rings. The zero-order valence-corrected chi connectivity index (χ0v) is 10.5. The standard InChI is InChI=1S/C12H22.C2H6O2/c1-3-7-11(8-4-1)12-9-5-2-6-10-12;3-1-2-4/h11-12H,1-10H2;3-4H,1-2H2. The largest absolute Gasteiger partial charge is 0.394 e. The van der Waals surface area contributed by atoms with Crippen molar-refractivity contribution in [1.82, 2.24) is 0 Å². The summed E-state index contributed by atoms with van der Waals surface area (Å²) in [5.41, 5.74) is 0. The summed E-state index contributed by atoms with van der Waals surface area (Å²) in [6.45, 7) is -0.250. The summed E-state index contributed by atoms with van der Waals surface area (Å²) in [7, 11) is 0. The van der Waals surface area contributed by atoms with E-state index in [0.29, 0.717) is 0 Å². The molecule has 0 aliphatic heterocycles. The molecule has 2 heteroatoms. The highest BCUT2D eigenvalue weighted by atomic mass is 16.3. The molecular formula is C14H28O2. The van der Waals surface area contributed by atoms with Crippen LogP contribution in [0.3, 0.4) is 0 Å². The van der Waals surface area contributed by atoms with Gasteiger partial charge in [-0.15, -0.1) is 0 Å². The zero-order chi connectivity index (χ0) is 11.6. The minimum atomic E-state index is -0.125. The van der Waals surface area contributed by atoms with Gasteiger partial charge in [0, 0.05) is 0 Å². The third-order valence-corrected chi connectivity index (χ3v) is 4.07. The summed E-state index contributed by atoms with van der Waals surface area (Å²) in [6, 6.07) is 0. The minimum absolute atomic E-state index is 0.125. The third kappa shape index (κ3) is 5.31. The molecule has 0 radical (unpaired) electrons. The lowest BCUT2D eigenvalue weighted by atomic mass is 9.73. The molecule has 0 amide bonds. The molecule has 2 aliphatic carbocycles. The minimum Gasteiger partial charge on any atom is -0.394 e. The SMILES string of the molecule is C1CCC(C2CCCCC2)CC1.OCCO. The molecular weight excluding hydrogens is 200 g/mol. The van der Waals surface area contributed by atoms with Crippen molar-refractivity contribution in [3.8, 4) is 0 Å². The Morgan fingerprint density at radius 2 is 0.875 bits per heavy atom. The summed E-state index contributed by atoms with van der Waals surface area (Å²) in [5.74, 6) is 2.28. The van der Waals surface area contributed by atoms with Crippen molar-refractivity contribution in [2.75, 3.05) is 13.2 Å². The molecule has 0 spiro atoms. The first kappa shape index (κ1) is 14.0. The van der Waals surface area contributed by atoms with Crippen molar-refractivity contribution in [2.24, 2.45) is 11.8 Å². The van der Waals surface area contributed by atoms with Crippen molar-refractivity contribution in [3.05, 3.63) is 0 Å². The molecule has 0 aromatic heterocycles. The van der Waals surface area contributed by atoms with E-state index in [1.165, 1.54) is 38.5 Å². The van der Waals surface area contributed by atoms with Gasteiger partial charge in [-0.05, 0) is 11.8 Å². The Hall–Kier alpha value is -0.0800. The molecule has 0 unspecified atom stereocenters. The van der Waals surface area contributed by atoms with Crippen LogP contribution in [0.1, 0.15) is 64.2 Å². The number of aliphatic hydroxyl groups excluding tert-OH is 2. The fourth-order valence-electron chi connectivity index (χ4n) is 3.21. The van der Waals surface area contributed by atoms with E-state index in [0.717, 1.165) is 11.8 Å². The lowest BCUT2D eigenvalue weighted by Gasteiger charge is -2.32. The van der Waals surface area contributed by atoms with Gasteiger partial charge in [-0.3, -0.25) is 0 Å². The third-order valence-electron chi connectivity index (χ3n) is 4.07. The van der Waals surface area contributed by atoms with Gasteiger partial charge in [0.1, 0.15) is 0 Å². The van der Waals surface area contributed by atoms with Crippen LogP contribution in [-0.2, 0) is 0 Å². The molecule has 2 nitrogen and oxygen atoms in total. The van der Waals surface area contributed by atoms with Gasteiger partial charge in [-0.25, -0.2) is 0 Å². The van der Waals surface area contributed by atoms with E-state index in [4.69, 9.17) is 10.2 Å². The summed E-state index contributed by atoms with van der Waals surface area (Å²) in [6.07, 6.45) is 15.4. The van der Waals surface area contributed by atoms with E-state index in [9.17, 15) is 0 Å². The maximum atomic E-state index is 7.62. The molecule has 2 aliphatic rings. The van der Waals surface area contributed by atoms with Crippen molar-refractivity contribution < 1.29 is 10.2 Å². The maximum Gasteiger partial charge on any atom is 0.0662 e. The molecule has 96 valence electrons. The van der Waals surface area contributed by atoms with Crippen molar-refractivity contribution in [3.63, 3.8) is 0 Å². The highest BCUT2D eigenvalue weighted by Gasteiger charge is 2.24. The number of hydrogen-bond donors (Lipinski definition) is 2. The fraction of sp³-hybridized carbons (Fsp3) is 1.00. The normalized spacial score (nSPS) is 23.6. The van der Waals surface area contributed by atoms with Crippen molar-refractivity contribution in [2.45, 2.75) is 64.2 Å². The Labute approximate surface area is 100 Å². The highest BCUT2D eigenvalue weighted by molar-refractivity contribution is 4.76. The zero-order valence-electron chi connectivity index (χ0n) is 10.5. The van der Waals surface area contributed by atoms with Gasteiger partial charge in [0.15, 0.2) is 0 Å². The van der Waals surface area contributed by atoms with Gasteiger partial charge >= 0.3 is 0 Å². The second-order valence-electron chi connectivity index (χ2n) is 5.24. The summed E-state index contributed by atoms with van der Waals surface area (Å²) >= 11 is 0. The Balaban J connectivity index is 0.000000280. The lowest BCUT2D eigenvalue weighted by molar-refractivity contribution is 0.186. The topological polar surface area (TPSA) is 40.5 Å². The maximum absolute atomic E-state index is 7.62. The molecule has 2 fully saturated rings. The van der Waals surface area contributed by atoms with Gasteiger partial charge < -0.3 is 10.2 Å². The van der Waals surface area contributed by atoms with Crippen LogP contribution >= 0.6 is 0 Å². The van der Waals surface area contributed by atoms with Gasteiger partial charge in [0.2, 0.25) is 0 Å². The Bertz CT molecular complexity index is 129. The first-order valence-corrected chi connectivity index (χ1v) is 7.10. The van der Waals surface area contributed by atoms with Crippen LogP contribution in [-0.4, -0.2) is 23.4 Å². The van der Waals surface area contributed by atoms with Crippen LogP contribution in [0.4, 0.5) is 0 Å². The van der Waals surface area contributed by atoms with Crippen LogP contribution in [0.15, 0.2) is 0 Å². The first-order valence-electron chi connectivity index (χ1n) is 7.10. The van der Waals surface area contributed by atoms with E-state index in [2.05, 4.69) is 0 Å². The summed E-state index contributed by atoms with van der Waals surface area (Å²) in [4.78, 5) is 0. The molecule has 0 saturated heterocycles. The van der Waals surface area contributed by atoms with Crippen LogP contribution in [0.25, 0.3) is 0 Å². The number of rotatable bonds is 2. The summed E-state index contributed by atoms with van der Waals surface area (Å²) < 4.78 is 0. The first-order chi connectivity index (χ1) is 7.88. The van der Waals surface area contributed by atoms with E-state index >= 15 is 0 Å². The predicted octanol–water partition coefficient (Wildman–Crippen LogP) is 3.12. The lowest BCUT2D eigenvalue weighted by Crippen LogP contribution is -2.20. The van der Waals surface area contributed by atoms with E-state index < -0.39 is 0 Å². The molecule has 0 bridgehead atoms. The summed E-state index contributed by atoms with van der Waals surface area (Å²) in [5, 5.41) is 15.2. The molecule has 2 rings (SSSR count). The number of aliphatic hydroxyl groups is 2. The monoisotopic (exact) mass is 228 g/mol. The second-order valence-corrected chi connectivity index (χ2v) is 5.24. The smallest absolute Gasteiger partial charge is 0.0662 e. The Morgan fingerprint density at radius 1 is 0.562 bits per heavy atom. The van der Waals surface area contributed by atoms with Gasteiger partial charge in [0.05, 0.1) is 13.2 Å². The molecule has 2 N–H and O–H groups in total. The van der Waals surface area contributed by atoms with Gasteiger partial charge in [0.25, 0.3) is 0 Å². The average molecular weight is 228 g/mol. The Morgan fingerprint density at radius 3 is 1.12 bits per heavy atom. The van der Waals surface area contributed by atoms with Crippen LogP contribution in [0, 0.1) is 11.8 Å². The molecule has 16 heavy (non-hydrogen) atoms. The number of hydrogen-bond acceptors (Lipinski definition) is 2. The van der Waals surface area contributed by atoms with Crippen LogP contribution < -0.4 is 0 Å². The van der Waals surface area contributed by atoms with Crippen LogP contribution in [0.2, 0.25) is 0 Å². The van der Waals surface area contributed by atoms with E-state index in [1.54, 1.807) is 25.7 Å². The molecule has 2 saturated carbocycles. The second kappa shape index (κ2) is 9.00. The van der Waals surface area contributed by atoms with Gasteiger partial charge in [-0.2, -0.15) is 0 Å². The molecule has 0 aromatic carbocycles. The van der Waals surface area contributed by atoms with Crippen LogP contribution in [0.5, 0.6) is 0 Å². The van der Waals surface area contributed by atoms with Crippen molar-refractivity contribution in [1.29, 1.82) is 0 Å². The van der Waals surface area contributed by atoms with E-state index in [-0.39, 0.29) is 13.2 Å². The highest BCUT2D eigenvalue weighted by Crippen LogP contribution is 2.37. The van der Waals surface area contributed by atoms with Crippen molar-refractivity contribution >= 4 is 0 Å².